The van der Waals surface area contributed by atoms with Crippen LogP contribution >= 0.6 is 0 Å². The van der Waals surface area contributed by atoms with Crippen LogP contribution in [0.1, 0.15) is 31.2 Å². The predicted octanol–water partition coefficient (Wildman–Crippen LogP) is 2.18. The minimum absolute atomic E-state index is 0.449. The van der Waals surface area contributed by atoms with Crippen LogP contribution in [0.4, 0.5) is 5.95 Å². The van der Waals surface area contributed by atoms with Gasteiger partial charge in [-0.1, -0.05) is 0 Å². The Kier molecular flexibility index (Phi) is 3.20. The first-order chi connectivity index (χ1) is 8.77. The van der Waals surface area contributed by atoms with Gasteiger partial charge in [-0.2, -0.15) is 0 Å². The molecule has 98 valence electrons. The Morgan fingerprint density at radius 3 is 2.61 bits per heavy atom. The normalized spacial score (nSPS) is 23.3. The molecule has 1 aromatic heterocycles. The summed E-state index contributed by atoms with van der Waals surface area (Å²) in [5.41, 5.74) is 1.57. The van der Waals surface area contributed by atoms with Crippen LogP contribution < -0.4 is 4.90 Å². The van der Waals surface area contributed by atoms with Crippen molar-refractivity contribution in [1.29, 1.82) is 0 Å². The van der Waals surface area contributed by atoms with Crippen molar-refractivity contribution in [2.75, 3.05) is 31.2 Å². The number of rotatable bonds is 1. The lowest BCUT2D eigenvalue weighted by molar-refractivity contribution is 0.00735. The van der Waals surface area contributed by atoms with Crippen molar-refractivity contribution in [2.24, 2.45) is 5.41 Å². The van der Waals surface area contributed by atoms with Gasteiger partial charge in [0.25, 0.3) is 0 Å². The van der Waals surface area contributed by atoms with Crippen LogP contribution in [-0.4, -0.2) is 36.3 Å². The molecule has 2 aliphatic heterocycles. The molecule has 0 atom stereocenters. The van der Waals surface area contributed by atoms with Gasteiger partial charge >= 0.3 is 0 Å². The Morgan fingerprint density at radius 1 is 1.17 bits per heavy atom. The number of nitrogens with zero attached hydrogens (tertiary/aromatic N) is 3. The lowest BCUT2D eigenvalue weighted by atomic mass is 9.74. The second-order valence-electron chi connectivity index (χ2n) is 5.70. The summed E-state index contributed by atoms with van der Waals surface area (Å²) in [6, 6.07) is 0. The molecule has 2 aliphatic rings. The van der Waals surface area contributed by atoms with E-state index in [1.807, 2.05) is 19.3 Å². The average molecular weight is 247 g/mol. The van der Waals surface area contributed by atoms with Crippen molar-refractivity contribution in [3.05, 3.63) is 18.0 Å². The number of hydrogen-bond donors (Lipinski definition) is 0. The standard InChI is InChI=1S/C14H21N3O/c1-12-9-15-13(16-10-12)17-6-2-3-14(11-17)4-7-18-8-5-14/h9-10H,2-8,11H2,1H3. The Balaban J connectivity index is 1.75. The maximum atomic E-state index is 5.50. The monoisotopic (exact) mass is 247 g/mol. The topological polar surface area (TPSA) is 38.2 Å². The molecule has 3 heterocycles. The van der Waals surface area contributed by atoms with Gasteiger partial charge in [0.15, 0.2) is 0 Å². The van der Waals surface area contributed by atoms with Crippen molar-refractivity contribution in [1.82, 2.24) is 9.97 Å². The molecule has 0 amide bonds. The fraction of sp³-hybridized carbons (Fsp3) is 0.714. The minimum atomic E-state index is 0.449. The lowest BCUT2D eigenvalue weighted by Gasteiger charge is -2.45. The summed E-state index contributed by atoms with van der Waals surface area (Å²) in [5.74, 6) is 0.895. The number of aromatic nitrogens is 2. The summed E-state index contributed by atoms with van der Waals surface area (Å²) in [7, 11) is 0. The molecule has 1 aromatic rings. The molecule has 0 aromatic carbocycles. The van der Waals surface area contributed by atoms with Gasteiger partial charge in [0.2, 0.25) is 5.95 Å². The van der Waals surface area contributed by atoms with Crippen molar-refractivity contribution >= 4 is 5.95 Å². The first kappa shape index (κ1) is 11.9. The number of hydrogen-bond acceptors (Lipinski definition) is 4. The summed E-state index contributed by atoms with van der Waals surface area (Å²) < 4.78 is 5.50. The highest BCUT2D eigenvalue weighted by Gasteiger charge is 2.37. The molecule has 0 N–H and O–H groups in total. The minimum Gasteiger partial charge on any atom is -0.381 e. The quantitative estimate of drug-likeness (QED) is 0.762. The van der Waals surface area contributed by atoms with E-state index in [-0.39, 0.29) is 0 Å². The maximum Gasteiger partial charge on any atom is 0.225 e. The molecule has 0 bridgehead atoms. The van der Waals surface area contributed by atoms with Crippen LogP contribution in [0.15, 0.2) is 12.4 Å². The van der Waals surface area contributed by atoms with E-state index in [4.69, 9.17) is 4.74 Å². The summed E-state index contributed by atoms with van der Waals surface area (Å²) >= 11 is 0. The van der Waals surface area contributed by atoms with E-state index in [1.165, 1.54) is 25.7 Å². The molecule has 0 unspecified atom stereocenters. The second-order valence-corrected chi connectivity index (χ2v) is 5.70. The smallest absolute Gasteiger partial charge is 0.225 e. The third kappa shape index (κ3) is 2.34. The molecule has 0 aliphatic carbocycles. The van der Waals surface area contributed by atoms with Crippen LogP contribution in [0.25, 0.3) is 0 Å². The number of aryl methyl sites for hydroxylation is 1. The van der Waals surface area contributed by atoms with Gasteiger partial charge in [0.1, 0.15) is 0 Å². The van der Waals surface area contributed by atoms with E-state index >= 15 is 0 Å². The fourth-order valence-corrected chi connectivity index (χ4v) is 3.14. The van der Waals surface area contributed by atoms with E-state index in [0.29, 0.717) is 5.41 Å². The molecule has 0 saturated carbocycles. The molecule has 2 fully saturated rings. The Bertz CT molecular complexity index is 392. The molecular formula is C14H21N3O. The van der Waals surface area contributed by atoms with Gasteiger partial charge < -0.3 is 9.64 Å². The van der Waals surface area contributed by atoms with E-state index < -0.39 is 0 Å². The van der Waals surface area contributed by atoms with Gasteiger partial charge in [0, 0.05) is 38.7 Å². The van der Waals surface area contributed by atoms with Crippen LogP contribution in [0.2, 0.25) is 0 Å². The van der Waals surface area contributed by atoms with Crippen molar-refractivity contribution in [3.63, 3.8) is 0 Å². The molecule has 1 spiro atoms. The zero-order valence-electron chi connectivity index (χ0n) is 11.1. The molecule has 2 saturated heterocycles. The Hall–Kier alpha value is -1.16. The highest BCUT2D eigenvalue weighted by Crippen LogP contribution is 2.39. The molecule has 4 heteroatoms. The highest BCUT2D eigenvalue weighted by molar-refractivity contribution is 5.31. The van der Waals surface area contributed by atoms with Crippen LogP contribution in [0.5, 0.6) is 0 Å². The molecule has 3 rings (SSSR count). The van der Waals surface area contributed by atoms with Crippen molar-refractivity contribution < 1.29 is 4.74 Å². The average Bonchev–Trinajstić information content (AvgIpc) is 2.40. The largest absolute Gasteiger partial charge is 0.381 e. The lowest BCUT2D eigenvalue weighted by Crippen LogP contribution is -2.46. The maximum absolute atomic E-state index is 5.50. The zero-order chi connectivity index (χ0) is 12.4. The summed E-state index contributed by atoms with van der Waals surface area (Å²) in [6.07, 6.45) is 8.78. The summed E-state index contributed by atoms with van der Waals surface area (Å²) in [6.45, 7) is 6.05. The van der Waals surface area contributed by atoms with Crippen molar-refractivity contribution in [2.45, 2.75) is 32.6 Å². The predicted molar refractivity (Wildman–Crippen MR) is 70.7 cm³/mol. The number of ether oxygens (including phenoxy) is 1. The van der Waals surface area contributed by atoms with E-state index in [9.17, 15) is 0 Å². The zero-order valence-corrected chi connectivity index (χ0v) is 11.1. The second kappa shape index (κ2) is 4.84. The molecule has 4 nitrogen and oxygen atoms in total. The molecule has 0 radical (unpaired) electrons. The van der Waals surface area contributed by atoms with E-state index in [1.54, 1.807) is 0 Å². The third-order valence-electron chi connectivity index (χ3n) is 4.27. The highest BCUT2D eigenvalue weighted by atomic mass is 16.5. The SMILES string of the molecule is Cc1cnc(N2CCCC3(CCOCC3)C2)nc1. The number of anilines is 1. The fourth-order valence-electron chi connectivity index (χ4n) is 3.14. The Morgan fingerprint density at radius 2 is 1.89 bits per heavy atom. The number of piperidine rings is 1. The van der Waals surface area contributed by atoms with Gasteiger partial charge in [-0.25, -0.2) is 9.97 Å². The van der Waals surface area contributed by atoms with E-state index in [0.717, 1.165) is 37.8 Å². The van der Waals surface area contributed by atoms with E-state index in [2.05, 4.69) is 14.9 Å². The molecule has 18 heavy (non-hydrogen) atoms. The third-order valence-corrected chi connectivity index (χ3v) is 4.27. The summed E-state index contributed by atoms with van der Waals surface area (Å²) in [5, 5.41) is 0. The first-order valence-corrected chi connectivity index (χ1v) is 6.89. The van der Waals surface area contributed by atoms with Gasteiger partial charge in [-0.3, -0.25) is 0 Å². The van der Waals surface area contributed by atoms with Crippen LogP contribution in [0, 0.1) is 12.3 Å². The first-order valence-electron chi connectivity index (χ1n) is 6.89. The molecular weight excluding hydrogens is 226 g/mol. The Labute approximate surface area is 108 Å². The van der Waals surface area contributed by atoms with Crippen LogP contribution in [0.3, 0.4) is 0 Å². The van der Waals surface area contributed by atoms with Gasteiger partial charge in [-0.05, 0) is 43.6 Å². The van der Waals surface area contributed by atoms with Gasteiger partial charge in [0.05, 0.1) is 0 Å². The van der Waals surface area contributed by atoms with Crippen LogP contribution in [-0.2, 0) is 4.74 Å². The van der Waals surface area contributed by atoms with Gasteiger partial charge in [-0.15, -0.1) is 0 Å². The van der Waals surface area contributed by atoms with Crippen molar-refractivity contribution in [3.8, 4) is 0 Å². The summed E-state index contributed by atoms with van der Waals surface area (Å²) in [4.78, 5) is 11.3.